The highest BCUT2D eigenvalue weighted by atomic mass is 35.5. The third kappa shape index (κ3) is 13.4. The van der Waals surface area contributed by atoms with Crippen molar-refractivity contribution < 1.29 is 50.5 Å². The topological polar surface area (TPSA) is 200 Å². The largest absolute Gasteiger partial charge is 0.479 e. The molecule has 2 heterocycles. The van der Waals surface area contributed by atoms with E-state index in [1.807, 2.05) is 38.1 Å². The Morgan fingerprint density at radius 2 is 1.02 bits per heavy atom. The van der Waals surface area contributed by atoms with Crippen molar-refractivity contribution >= 4 is 72.2 Å². The number of sulfonamides is 2. The Hall–Kier alpha value is -4.10. The standard InChI is InChI=1S/C19H21ClN2O4S.C19H20ClNO5S.C2H3ClO2/c1-13-2-8-17(9-3-13)27(24,25)22-11-18(19(21)23)26-12-16(22)10-14-4-6-15(20)7-5-14;1-13-2-8-17(9-3-13)27(24,25)21-11-18(19(22)23)26-12-16(21)10-14-4-6-15(20)7-5-14;1-5-2(3)4/h2-9,16,18H,10-12H2,1H3,(H2,21,23);2-9,16,18H,10-12H2,1H3,(H,22,23);1H3/t2*16?,18-;/m00./s1. The van der Waals surface area contributed by atoms with Crippen molar-refractivity contribution in [2.75, 3.05) is 33.4 Å². The minimum Gasteiger partial charge on any atom is -0.479 e. The predicted molar refractivity (Wildman–Crippen MR) is 223 cm³/mol. The number of methoxy groups -OCH3 is 1. The molecule has 1 amide bonds. The molecule has 2 aliphatic rings. The third-order valence-corrected chi connectivity index (χ3v) is 13.8. The van der Waals surface area contributed by atoms with Gasteiger partial charge in [-0.15, -0.1) is 0 Å². The smallest absolute Gasteiger partial charge is 0.403 e. The normalized spacial score (nSPS) is 19.9. The Kier molecular flexibility index (Phi) is 17.3. The molecule has 3 N–H and O–H groups in total. The van der Waals surface area contributed by atoms with Crippen LogP contribution in [0, 0.1) is 13.8 Å². The molecule has 0 spiro atoms. The van der Waals surface area contributed by atoms with Gasteiger partial charge in [-0.3, -0.25) is 4.79 Å². The predicted octanol–water partition coefficient (Wildman–Crippen LogP) is 5.86. The van der Waals surface area contributed by atoms with Crippen LogP contribution >= 0.6 is 34.8 Å². The lowest BCUT2D eigenvalue weighted by Gasteiger charge is -2.37. The van der Waals surface area contributed by atoms with E-state index in [0.717, 1.165) is 22.3 Å². The fourth-order valence-electron chi connectivity index (χ4n) is 6.06. The average molecular weight is 913 g/mol. The molecule has 59 heavy (non-hydrogen) atoms. The highest BCUT2D eigenvalue weighted by Gasteiger charge is 2.41. The van der Waals surface area contributed by atoms with Crippen LogP contribution in [-0.2, 0) is 56.7 Å². The number of carboxylic acid groups (broad SMARTS) is 1. The average Bonchev–Trinajstić information content (AvgIpc) is 3.20. The molecule has 0 aliphatic carbocycles. The zero-order chi connectivity index (χ0) is 43.5. The molecule has 2 saturated heterocycles. The molecule has 19 heteroatoms. The van der Waals surface area contributed by atoms with Crippen molar-refractivity contribution in [3.63, 3.8) is 0 Å². The first kappa shape index (κ1) is 47.6. The van der Waals surface area contributed by atoms with Crippen LogP contribution in [0.25, 0.3) is 0 Å². The van der Waals surface area contributed by atoms with Crippen molar-refractivity contribution in [1.29, 1.82) is 0 Å². The Balaban J connectivity index is 0.000000234. The first-order chi connectivity index (χ1) is 27.8. The highest BCUT2D eigenvalue weighted by Crippen LogP contribution is 2.27. The van der Waals surface area contributed by atoms with E-state index in [1.165, 1.54) is 27.9 Å². The summed E-state index contributed by atoms with van der Waals surface area (Å²) in [5, 5.41) is 10.5. The van der Waals surface area contributed by atoms with Crippen molar-refractivity contribution in [2.24, 2.45) is 5.73 Å². The number of aryl methyl sites for hydroxylation is 2. The van der Waals surface area contributed by atoms with E-state index < -0.39 is 61.6 Å². The fourth-order valence-corrected chi connectivity index (χ4v) is 9.53. The molecule has 4 aromatic carbocycles. The molecule has 6 rings (SSSR count). The van der Waals surface area contributed by atoms with E-state index in [9.17, 15) is 36.3 Å². The number of nitrogens with zero attached hydrogens (tertiary/aromatic N) is 2. The zero-order valence-electron chi connectivity index (χ0n) is 32.2. The number of morpholine rings is 2. The van der Waals surface area contributed by atoms with Gasteiger partial charge in [0.05, 0.1) is 48.7 Å². The first-order valence-corrected chi connectivity index (χ1v) is 22.0. The Bertz CT molecular complexity index is 2110. The number of hydrogen-bond donors (Lipinski definition) is 2. The molecule has 2 unspecified atom stereocenters. The number of benzene rings is 4. The molecule has 2 aliphatic heterocycles. The molecule has 4 aromatic rings. The second kappa shape index (κ2) is 21.4. The van der Waals surface area contributed by atoms with Gasteiger partial charge in [0.15, 0.2) is 6.10 Å². The molecule has 14 nitrogen and oxygen atoms in total. The van der Waals surface area contributed by atoms with Crippen LogP contribution in [0.5, 0.6) is 0 Å². The number of carbonyl (C=O) groups excluding carboxylic acids is 2. The molecule has 2 fully saturated rings. The van der Waals surface area contributed by atoms with Crippen LogP contribution < -0.4 is 5.73 Å². The number of halogens is 3. The van der Waals surface area contributed by atoms with Gasteiger partial charge in [-0.25, -0.2) is 26.4 Å². The van der Waals surface area contributed by atoms with Crippen molar-refractivity contribution in [2.45, 2.75) is 60.8 Å². The summed E-state index contributed by atoms with van der Waals surface area (Å²) in [7, 11) is -6.44. The Morgan fingerprint density at radius 1 is 0.678 bits per heavy atom. The third-order valence-electron chi connectivity index (χ3n) is 9.26. The van der Waals surface area contributed by atoms with Gasteiger partial charge in [0, 0.05) is 28.2 Å². The van der Waals surface area contributed by atoms with Crippen LogP contribution in [-0.4, -0.2) is 106 Å². The lowest BCUT2D eigenvalue weighted by Crippen LogP contribution is -2.56. The lowest BCUT2D eigenvalue weighted by molar-refractivity contribution is -0.156. The maximum absolute atomic E-state index is 13.2. The van der Waals surface area contributed by atoms with E-state index in [-0.39, 0.29) is 36.1 Å². The molecular weight excluding hydrogens is 869 g/mol. The maximum Gasteiger partial charge on any atom is 0.403 e. The summed E-state index contributed by atoms with van der Waals surface area (Å²) in [5.41, 5.74) is 8.30. The second-order valence-corrected chi connectivity index (χ2v) is 18.5. The summed E-state index contributed by atoms with van der Waals surface area (Å²) in [5.74, 6) is -1.85. The van der Waals surface area contributed by atoms with E-state index in [1.54, 1.807) is 60.7 Å². The minimum absolute atomic E-state index is 0.00465. The number of ether oxygens (including phenoxy) is 3. The van der Waals surface area contributed by atoms with Crippen LogP contribution in [0.1, 0.15) is 22.3 Å². The molecule has 0 saturated carbocycles. The number of aliphatic carboxylic acids is 1. The van der Waals surface area contributed by atoms with Crippen LogP contribution in [0.15, 0.2) is 107 Å². The molecular formula is C40H44Cl3N3O11S2. The van der Waals surface area contributed by atoms with E-state index in [2.05, 4.69) is 16.3 Å². The monoisotopic (exact) mass is 911 g/mol. The van der Waals surface area contributed by atoms with Gasteiger partial charge < -0.3 is 25.1 Å². The number of nitrogens with two attached hydrogens (primary N) is 1. The quantitative estimate of drug-likeness (QED) is 0.181. The van der Waals surface area contributed by atoms with Gasteiger partial charge >= 0.3 is 11.4 Å². The van der Waals surface area contributed by atoms with Gasteiger partial charge in [0.1, 0.15) is 6.10 Å². The maximum atomic E-state index is 13.2. The number of hydrogen-bond acceptors (Lipinski definition) is 10. The number of carbonyl (C=O) groups is 3. The van der Waals surface area contributed by atoms with Crippen molar-refractivity contribution in [3.05, 3.63) is 129 Å². The molecule has 0 aromatic heterocycles. The van der Waals surface area contributed by atoms with E-state index in [4.69, 9.17) is 38.4 Å². The number of primary amides is 1. The number of rotatable bonds is 10. The summed E-state index contributed by atoms with van der Waals surface area (Å²) in [4.78, 5) is 32.6. The van der Waals surface area contributed by atoms with Gasteiger partial charge in [-0.1, -0.05) is 82.9 Å². The van der Waals surface area contributed by atoms with Gasteiger partial charge in [-0.05, 0) is 86.3 Å². The van der Waals surface area contributed by atoms with Crippen molar-refractivity contribution in [1.82, 2.24) is 8.61 Å². The zero-order valence-corrected chi connectivity index (χ0v) is 36.1. The summed E-state index contributed by atoms with van der Waals surface area (Å²) < 4.78 is 70.2. The summed E-state index contributed by atoms with van der Waals surface area (Å²) >= 11 is 16.4. The lowest BCUT2D eigenvalue weighted by atomic mass is 10.1. The summed E-state index contributed by atoms with van der Waals surface area (Å²) in [6.45, 7) is 3.51. The molecule has 318 valence electrons. The van der Waals surface area contributed by atoms with E-state index >= 15 is 0 Å². The highest BCUT2D eigenvalue weighted by molar-refractivity contribution is 7.89. The second-order valence-electron chi connectivity index (χ2n) is 13.6. The molecule has 4 atom stereocenters. The number of carboxylic acids is 1. The fraction of sp³-hybridized carbons (Fsp3) is 0.325. The van der Waals surface area contributed by atoms with E-state index in [0.29, 0.717) is 22.9 Å². The van der Waals surface area contributed by atoms with Crippen LogP contribution in [0.4, 0.5) is 4.79 Å². The first-order valence-electron chi connectivity index (χ1n) is 18.0. The van der Waals surface area contributed by atoms with Gasteiger partial charge in [-0.2, -0.15) is 8.61 Å². The Labute approximate surface area is 358 Å². The van der Waals surface area contributed by atoms with Crippen molar-refractivity contribution in [3.8, 4) is 0 Å². The van der Waals surface area contributed by atoms with Crippen LogP contribution in [0.2, 0.25) is 10.0 Å². The van der Waals surface area contributed by atoms with Gasteiger partial charge in [0.2, 0.25) is 26.0 Å². The molecule has 0 bridgehead atoms. The number of amides is 1. The summed E-state index contributed by atoms with van der Waals surface area (Å²) in [6.07, 6.45) is -1.32. The SMILES string of the molecule is COC(=O)Cl.Cc1ccc(S(=O)(=O)N2C[C@@H](C(=O)O)OCC2Cc2ccc(Cl)cc2)cc1.Cc1ccc(S(=O)(=O)N2C[C@@H](C(N)=O)OCC2Cc2ccc(Cl)cc2)cc1. The molecule has 0 radical (unpaired) electrons. The Morgan fingerprint density at radius 3 is 1.34 bits per heavy atom. The van der Waals surface area contributed by atoms with Crippen LogP contribution in [0.3, 0.4) is 0 Å². The minimum atomic E-state index is -3.86. The van der Waals surface area contributed by atoms with Gasteiger partial charge in [0.25, 0.3) is 0 Å². The summed E-state index contributed by atoms with van der Waals surface area (Å²) in [6, 6.07) is 26.5.